The Morgan fingerprint density at radius 1 is 0.873 bits per heavy atom. The summed E-state index contributed by atoms with van der Waals surface area (Å²) in [5.74, 6) is 1.54. The van der Waals surface area contributed by atoms with E-state index in [0.717, 1.165) is 32.1 Å². The molecule has 1 aliphatic heterocycles. The normalized spacial score (nSPS) is 22.8. The Hall–Kier alpha value is -3.65. The predicted molar refractivity (Wildman–Crippen MR) is 250 cm³/mol. The molecule has 1 fully saturated rings. The van der Waals surface area contributed by atoms with E-state index in [2.05, 4.69) is 175 Å². The molecule has 55 heavy (non-hydrogen) atoms. The Kier molecular flexibility index (Phi) is 12.4. The Labute approximate surface area is 341 Å². The Morgan fingerprint density at radius 3 is 2.29 bits per heavy atom. The van der Waals surface area contributed by atoms with Gasteiger partial charge < -0.3 is 0 Å². The molecule has 2 unspecified atom stereocenters. The van der Waals surface area contributed by atoms with Gasteiger partial charge in [-0.1, -0.05) is 71.5 Å². The zero-order chi connectivity index (χ0) is 38.6. The molecule has 4 aromatic carbocycles. The first-order valence-corrected chi connectivity index (χ1v) is 25.7. The summed E-state index contributed by atoms with van der Waals surface area (Å²) in [6, 6.07) is 39.0. The summed E-state index contributed by atoms with van der Waals surface area (Å²) in [7, 11) is 0. The van der Waals surface area contributed by atoms with E-state index in [9.17, 15) is 0 Å². The fourth-order valence-corrected chi connectivity index (χ4v) is 16.4. The van der Waals surface area contributed by atoms with Crippen LogP contribution in [0.2, 0.25) is 0 Å². The number of hydrogen-bond donors (Lipinski definition) is 0. The van der Waals surface area contributed by atoms with Crippen molar-refractivity contribution in [3.63, 3.8) is 0 Å². The van der Waals surface area contributed by atoms with Crippen LogP contribution in [0, 0.1) is 16.7 Å². The van der Waals surface area contributed by atoms with E-state index in [1.807, 2.05) is 0 Å². The molecule has 1 heterocycles. The van der Waals surface area contributed by atoms with E-state index in [1.54, 1.807) is 11.1 Å². The monoisotopic (exact) mass is 838 g/mol. The summed E-state index contributed by atoms with van der Waals surface area (Å²) < 4.78 is 4.30. The summed E-state index contributed by atoms with van der Waals surface area (Å²) in [5.41, 5.74) is 19.8. The zero-order valence-electron chi connectivity index (χ0n) is 34.4. The van der Waals surface area contributed by atoms with Crippen molar-refractivity contribution in [2.75, 3.05) is 8.86 Å². The van der Waals surface area contributed by atoms with Gasteiger partial charge in [0.05, 0.1) is 0 Å². The third kappa shape index (κ3) is 8.40. The topological polar surface area (TPSA) is 0 Å². The number of rotatable bonds is 12. The maximum atomic E-state index is 4.28. The number of allylic oxidation sites excluding steroid dienone is 6. The van der Waals surface area contributed by atoms with Crippen LogP contribution in [-0.4, -0.2) is 8.86 Å². The third-order valence-electron chi connectivity index (χ3n) is 13.5. The first-order valence-electron chi connectivity index (χ1n) is 21.1. The van der Waals surface area contributed by atoms with Gasteiger partial charge in [0.1, 0.15) is 0 Å². The molecule has 0 amide bonds. The second-order valence-electron chi connectivity index (χ2n) is 17.3. The molecule has 0 aromatic heterocycles. The van der Waals surface area contributed by atoms with Crippen LogP contribution in [0.4, 0.5) is 0 Å². The van der Waals surface area contributed by atoms with Gasteiger partial charge in [-0.3, -0.25) is 0 Å². The molecule has 1 saturated heterocycles. The minimum absolute atomic E-state index is 0.0327. The molecule has 7 rings (SSSR count). The number of hydrogen-bond acceptors (Lipinski definition) is 0. The van der Waals surface area contributed by atoms with Crippen molar-refractivity contribution in [3.8, 4) is 0 Å². The number of fused-ring (bicyclic) bond motifs is 1. The van der Waals surface area contributed by atoms with Crippen LogP contribution in [0.3, 0.4) is 0 Å². The second-order valence-corrected chi connectivity index (χ2v) is 23.4. The minimum atomic E-state index is -0.978. The van der Waals surface area contributed by atoms with Crippen LogP contribution in [0.15, 0.2) is 133 Å². The van der Waals surface area contributed by atoms with E-state index in [4.69, 9.17) is 0 Å². The smallest absolute Gasteiger partial charge is 0.0113 e. The van der Waals surface area contributed by atoms with Crippen molar-refractivity contribution in [2.45, 2.75) is 103 Å². The van der Waals surface area contributed by atoms with Crippen LogP contribution >= 0.6 is 19.8 Å². The van der Waals surface area contributed by atoms with Gasteiger partial charge in [0.2, 0.25) is 0 Å². The van der Waals surface area contributed by atoms with Crippen molar-refractivity contribution >= 4 is 42.6 Å². The molecule has 0 radical (unpaired) electrons. The van der Waals surface area contributed by atoms with E-state index in [1.165, 1.54) is 76.2 Å². The Balaban J connectivity index is 1.12. The zero-order valence-corrected chi connectivity index (χ0v) is 36.6. The molecular weight excluding hydrogens is 775 g/mol. The van der Waals surface area contributed by atoms with Gasteiger partial charge in [0.15, 0.2) is 0 Å². The van der Waals surface area contributed by atoms with Crippen molar-refractivity contribution in [1.29, 1.82) is 0 Å². The van der Waals surface area contributed by atoms with Gasteiger partial charge in [-0.15, -0.1) is 0 Å². The van der Waals surface area contributed by atoms with E-state index >= 15 is 0 Å². The standard InChI is InChI=1S/C54H63I/c1-8-39(3)42-26-28-44(29-27-42)50-32-35-54(7,9-2)51(53(50,5)6)25-17-18-40(4)46-22-15-16-24-48(46)49-31-30-43-21-13-14-23-47(43)52(49)45-33-36-55(37-34-45)38-41-19-11-10-12-20-41/h10-16,19-30,32,40,45,52H,3,8-9,17-18,33-38H2,1-2,4-7H3/b51-25-/t40?,52?,54-/m0/s1. The van der Waals surface area contributed by atoms with Crippen molar-refractivity contribution in [1.82, 2.24) is 0 Å². The average Bonchev–Trinajstić information content (AvgIpc) is 3.22. The summed E-state index contributed by atoms with van der Waals surface area (Å²) in [5, 5.41) is 0. The fourth-order valence-electron chi connectivity index (χ4n) is 9.94. The number of benzene rings is 4. The summed E-state index contributed by atoms with van der Waals surface area (Å²) in [6.07, 6.45) is 15.6. The molecule has 4 aromatic rings. The first kappa shape index (κ1) is 39.6. The second kappa shape index (κ2) is 17.2. The fraction of sp³-hybridized carbons (Fsp3) is 0.389. The van der Waals surface area contributed by atoms with Crippen LogP contribution in [0.5, 0.6) is 0 Å². The SMILES string of the molecule is C=C(CC)c1ccc(C2=CC[C@](C)(CC)/C(=C\CCC(C)c3ccccc3C3=C=Cc4ccccc4C3C3CCI(Cc4ccccc4)CC3)C2(C)C)cc1. The maximum Gasteiger partial charge on any atom is 0.0113 e. The molecule has 286 valence electrons. The molecule has 2 aliphatic carbocycles. The van der Waals surface area contributed by atoms with Crippen LogP contribution in [-0.2, 0) is 4.43 Å². The number of halogens is 1. The molecule has 0 nitrogen and oxygen atoms in total. The van der Waals surface area contributed by atoms with E-state index in [-0.39, 0.29) is 10.8 Å². The van der Waals surface area contributed by atoms with Crippen molar-refractivity contribution < 1.29 is 0 Å². The summed E-state index contributed by atoms with van der Waals surface area (Å²) in [4.78, 5) is 0. The van der Waals surface area contributed by atoms with Gasteiger partial charge in [-0.05, 0) is 47.0 Å². The van der Waals surface area contributed by atoms with Crippen LogP contribution in [0.1, 0.15) is 137 Å². The quantitative estimate of drug-likeness (QED) is 0.0577. The van der Waals surface area contributed by atoms with Gasteiger partial charge in [0, 0.05) is 5.41 Å². The largest absolute Gasteiger partial charge is 0.0541 e. The van der Waals surface area contributed by atoms with Crippen LogP contribution < -0.4 is 0 Å². The summed E-state index contributed by atoms with van der Waals surface area (Å²) in [6.45, 7) is 18.7. The van der Waals surface area contributed by atoms with Gasteiger partial charge in [0.25, 0.3) is 0 Å². The van der Waals surface area contributed by atoms with E-state index in [0.29, 0.717) is 17.8 Å². The minimum Gasteiger partial charge on any atom is -0.0541 e. The molecule has 0 saturated carbocycles. The summed E-state index contributed by atoms with van der Waals surface area (Å²) >= 11 is -0.978. The van der Waals surface area contributed by atoms with Crippen LogP contribution in [0.25, 0.3) is 22.8 Å². The maximum absolute atomic E-state index is 4.28. The van der Waals surface area contributed by atoms with E-state index < -0.39 is 19.8 Å². The molecule has 0 N–H and O–H groups in total. The van der Waals surface area contributed by atoms with Gasteiger partial charge >= 0.3 is 219 Å². The number of alkyl halides is 3. The molecular formula is C54H63I. The molecule has 0 bridgehead atoms. The third-order valence-corrected chi connectivity index (χ3v) is 19.7. The molecule has 3 aliphatic rings. The first-order chi connectivity index (χ1) is 26.6. The van der Waals surface area contributed by atoms with Crippen molar-refractivity contribution in [3.05, 3.63) is 172 Å². The molecule has 0 spiro atoms. The van der Waals surface area contributed by atoms with Crippen molar-refractivity contribution in [2.24, 2.45) is 16.7 Å². The van der Waals surface area contributed by atoms with Gasteiger partial charge in [-0.2, -0.15) is 0 Å². The average molecular weight is 839 g/mol. The predicted octanol–water partition coefficient (Wildman–Crippen LogP) is 15.8. The Bertz CT molecular complexity index is 2090. The molecule has 3 atom stereocenters. The van der Waals surface area contributed by atoms with Gasteiger partial charge in [-0.25, -0.2) is 0 Å². The molecule has 1 heteroatoms. The Morgan fingerprint density at radius 2 is 1.56 bits per heavy atom.